The third kappa shape index (κ3) is 23.2. The summed E-state index contributed by atoms with van der Waals surface area (Å²) >= 11 is 0. The number of benzene rings is 5. The van der Waals surface area contributed by atoms with Crippen LogP contribution in [-0.2, 0) is 77.1 Å². The lowest BCUT2D eigenvalue weighted by molar-refractivity contribution is -0.661. The Bertz CT molecular complexity index is 4890. The maximum atomic E-state index is 8.66. The van der Waals surface area contributed by atoms with Crippen molar-refractivity contribution in [1.82, 2.24) is 0 Å². The molecule has 0 N–H and O–H groups in total. The Labute approximate surface area is 644 Å². The number of aromatic nitrogens is 5. The van der Waals surface area contributed by atoms with Gasteiger partial charge in [-0.25, -0.2) is 22.8 Å². The highest BCUT2D eigenvalue weighted by atomic mass is 14.9. The lowest BCUT2D eigenvalue weighted by Gasteiger charge is -2.20. The molecule has 0 fully saturated rings. The fraction of sp³-hybridized carbons (Fsp3) is 0.444. The third-order valence-corrected chi connectivity index (χ3v) is 19.4. The van der Waals surface area contributed by atoms with Crippen molar-refractivity contribution >= 4 is 0 Å². The van der Waals surface area contributed by atoms with Crippen LogP contribution >= 0.6 is 0 Å². The Balaban J connectivity index is 0.000000217. The summed E-state index contributed by atoms with van der Waals surface area (Å²) in [7, 11) is 10.4. The minimum atomic E-state index is -2.06. The maximum absolute atomic E-state index is 8.66. The van der Waals surface area contributed by atoms with Crippen LogP contribution in [-0.4, -0.2) is 0 Å². The van der Waals surface area contributed by atoms with Gasteiger partial charge in [0.05, 0.1) is 0 Å². The van der Waals surface area contributed by atoms with Crippen LogP contribution in [0.3, 0.4) is 0 Å². The molecule has 0 spiro atoms. The molecule has 0 aliphatic heterocycles. The van der Waals surface area contributed by atoms with Crippen molar-refractivity contribution in [3.8, 4) is 56.3 Å². The number of hydrogen-bond donors (Lipinski definition) is 0. The van der Waals surface area contributed by atoms with Gasteiger partial charge in [0.2, 0.25) is 28.5 Å². The van der Waals surface area contributed by atoms with E-state index in [1.807, 2.05) is 96.6 Å². The smallest absolute Gasteiger partial charge is 0.201 e. The average molecular weight is 1410 g/mol. The average Bonchev–Trinajstić information content (AvgIpc) is 0.748. The molecule has 10 rings (SSSR count). The van der Waals surface area contributed by atoms with Crippen LogP contribution in [0.15, 0.2) is 164 Å². The molecule has 554 valence electrons. The molecule has 0 saturated carbocycles. The monoisotopic (exact) mass is 1400 g/mol. The Morgan fingerprint density at radius 3 is 0.885 bits per heavy atom. The molecule has 5 heterocycles. The molecule has 0 atom stereocenters. The molecular weight excluding hydrogens is 1260 g/mol. The maximum Gasteiger partial charge on any atom is 0.212 e. The fourth-order valence-electron chi connectivity index (χ4n) is 14.3. The Hall–Kier alpha value is -8.15. The van der Waals surface area contributed by atoms with Crippen LogP contribution in [0.25, 0.3) is 56.3 Å². The number of pyridine rings is 5. The molecule has 5 aromatic heterocycles. The largest absolute Gasteiger partial charge is 0.212 e. The van der Waals surface area contributed by atoms with Crippen LogP contribution in [0.1, 0.15) is 227 Å². The molecule has 5 aromatic carbocycles. The predicted molar refractivity (Wildman–Crippen MR) is 448 cm³/mol. The second-order valence-corrected chi connectivity index (χ2v) is 34.4. The minimum absolute atomic E-state index is 0.0978. The van der Waals surface area contributed by atoms with Crippen molar-refractivity contribution in [3.63, 3.8) is 0 Å². The highest BCUT2D eigenvalue weighted by Crippen LogP contribution is 2.33. The van der Waals surface area contributed by atoms with Gasteiger partial charge >= 0.3 is 0 Å². The zero-order valence-corrected chi connectivity index (χ0v) is 70.5. The van der Waals surface area contributed by atoms with Crippen LogP contribution < -0.4 is 22.8 Å². The van der Waals surface area contributed by atoms with Gasteiger partial charge in [-0.3, -0.25) is 0 Å². The van der Waals surface area contributed by atoms with E-state index in [2.05, 4.69) is 295 Å². The van der Waals surface area contributed by atoms with Gasteiger partial charge in [0.25, 0.3) is 0 Å². The summed E-state index contributed by atoms with van der Waals surface area (Å²) in [6.07, 6.45) is 9.94. The summed E-state index contributed by atoms with van der Waals surface area (Å²) < 4.78 is 68.0. The highest BCUT2D eigenvalue weighted by Gasteiger charge is 2.28. The number of nitrogens with zero attached hydrogens (tertiary/aromatic N) is 5. The number of aryl methyl sites for hydroxylation is 16. The third-order valence-electron chi connectivity index (χ3n) is 19.4. The van der Waals surface area contributed by atoms with Crippen LogP contribution in [0.5, 0.6) is 0 Å². The van der Waals surface area contributed by atoms with Crippen molar-refractivity contribution in [3.05, 3.63) is 265 Å². The molecule has 5 nitrogen and oxygen atoms in total. The van der Waals surface area contributed by atoms with Gasteiger partial charge in [0.15, 0.2) is 31.0 Å². The predicted octanol–water partition coefficient (Wildman–Crippen LogP) is 23.0. The lowest BCUT2D eigenvalue weighted by Crippen LogP contribution is -2.34. The zero-order valence-electron chi connectivity index (χ0n) is 77.5. The van der Waals surface area contributed by atoms with Gasteiger partial charge in [0.1, 0.15) is 35.2 Å². The molecule has 5 heteroatoms. The van der Waals surface area contributed by atoms with Crippen LogP contribution in [0, 0.1) is 99.8 Å². The normalized spacial score (nSPS) is 13.0. The molecule has 0 aliphatic rings. The summed E-state index contributed by atoms with van der Waals surface area (Å²) in [6.45, 7) is 56.2. The van der Waals surface area contributed by atoms with Gasteiger partial charge < -0.3 is 0 Å². The van der Waals surface area contributed by atoms with Crippen molar-refractivity contribution in [2.45, 2.75) is 236 Å². The van der Waals surface area contributed by atoms with E-state index in [0.29, 0.717) is 28.5 Å². The molecule has 0 radical (unpaired) electrons. The molecule has 104 heavy (non-hydrogen) atoms. The first-order chi connectivity index (χ1) is 51.1. The second kappa shape index (κ2) is 36.2. The summed E-state index contributed by atoms with van der Waals surface area (Å²) in [5.74, 6) is 0.851. The molecule has 0 bridgehead atoms. The molecule has 10 aromatic rings. The van der Waals surface area contributed by atoms with E-state index < -0.39 is 19.6 Å². The number of rotatable bonds is 13. The van der Waals surface area contributed by atoms with Gasteiger partial charge in [-0.05, 0) is 228 Å². The fourth-order valence-corrected chi connectivity index (χ4v) is 14.3. The molecule has 0 aliphatic carbocycles. The van der Waals surface area contributed by atoms with E-state index >= 15 is 0 Å². The Kier molecular flexibility index (Phi) is 25.8. The van der Waals surface area contributed by atoms with Crippen molar-refractivity contribution in [2.24, 2.45) is 58.9 Å². The minimum Gasteiger partial charge on any atom is -0.201 e. The van der Waals surface area contributed by atoms with Gasteiger partial charge in [-0.2, -0.15) is 0 Å². The Morgan fingerprint density at radius 1 is 0.288 bits per heavy atom. The van der Waals surface area contributed by atoms with Crippen molar-refractivity contribution in [1.29, 1.82) is 0 Å². The van der Waals surface area contributed by atoms with E-state index in [9.17, 15) is 0 Å². The first-order valence-corrected chi connectivity index (χ1v) is 38.1. The van der Waals surface area contributed by atoms with Gasteiger partial charge in [-0.1, -0.05) is 207 Å². The lowest BCUT2D eigenvalue weighted by atomic mass is 9.84. The standard InChI is InChI=1S/C22H32N.C21H30N.2C19H26N.C18H24N/c1-15(2)10-19-13-22(21-9-8-17(5)12-18(21)6)23(7)14-20(19)11-16(3)4;1-15(2)11-18-13-21(20-10-8-7-9-17(20)5)22(6)14-19(18)12-16(3)4;2*1-13-8-9-16(14(2)10-13)18-11-15(3)17(12-20(18)7)19(4,5)6;1-13-9-7-8-10-15(13)17-11-14(2)16(12-19(17)6)18(3,4)5/h8-9,12-16H,10-11H2,1-7H3;7-10,13-16H,11-12H2,1-6H3;2*8-12H,1-7H3;7-12H,1-6H3/q5*+1/i;11D2,12D2;1D3;;. The van der Waals surface area contributed by atoms with Crippen molar-refractivity contribution < 1.29 is 32.4 Å². The molecule has 0 unspecified atom stereocenters. The topological polar surface area (TPSA) is 19.4 Å². The number of hydrogen-bond acceptors (Lipinski definition) is 0. The van der Waals surface area contributed by atoms with Crippen LogP contribution in [0.2, 0.25) is 0 Å². The molecular formula is C99H138N5+5. The molecule has 0 amide bonds. The van der Waals surface area contributed by atoms with E-state index in [1.54, 1.807) is 18.3 Å². The molecule has 0 saturated heterocycles. The first-order valence-electron chi connectivity index (χ1n) is 41.6. The van der Waals surface area contributed by atoms with E-state index in [0.717, 1.165) is 46.5 Å². The van der Waals surface area contributed by atoms with E-state index in [1.165, 1.54) is 106 Å². The zero-order chi connectivity index (χ0) is 83.9. The summed E-state index contributed by atoms with van der Waals surface area (Å²) in [6, 6.07) is 46.5. The van der Waals surface area contributed by atoms with E-state index in [-0.39, 0.29) is 28.1 Å². The van der Waals surface area contributed by atoms with E-state index in [4.69, 9.17) is 9.60 Å². The van der Waals surface area contributed by atoms with Gasteiger partial charge in [0, 0.05) is 95.6 Å². The van der Waals surface area contributed by atoms with Crippen LogP contribution in [0.4, 0.5) is 0 Å². The SMILES string of the molecule is Cc1ccc(-c2cc(C)c(C(C)(C)C)c[n+]2C)c(C)c1.Cc1ccc(-c2cc(CC(C)C)c(CC(C)C)c[n+]2C)c(C)c1.Cc1ccccc1-c1cc(C)c(C(C)(C)C)c[n+]1C.[2H]C([2H])([2H])c1ccc(-c2cc(C)c(C(C)(C)C)c[n+]2C)c(C)c1.[2H]C([2H])(c1cc(-c2ccccc2C)[n+](C)cc1C([2H])([2H])C(C)C)C(C)C. The summed E-state index contributed by atoms with van der Waals surface area (Å²) in [4.78, 5) is 0. The Morgan fingerprint density at radius 2 is 0.567 bits per heavy atom. The first kappa shape index (κ1) is 74.1. The highest BCUT2D eigenvalue weighted by molar-refractivity contribution is 5.66. The van der Waals surface area contributed by atoms with Gasteiger partial charge in [-0.15, -0.1) is 0 Å². The summed E-state index contributed by atoms with van der Waals surface area (Å²) in [5.41, 5.74) is 33.6. The van der Waals surface area contributed by atoms with Crippen molar-refractivity contribution in [2.75, 3.05) is 0 Å². The second-order valence-electron chi connectivity index (χ2n) is 34.4. The quantitative estimate of drug-likeness (QED) is 0.103. The summed E-state index contributed by atoms with van der Waals surface area (Å²) in [5, 5.41) is 0.